The smallest absolute Gasteiger partial charge is 0.137 e. The van der Waals surface area contributed by atoms with Crippen LogP contribution in [0.3, 0.4) is 0 Å². The SMILES string of the molecule is CCCc1nc(N)cc(Sc2cc(F)ccc2F)n1. The quantitative estimate of drug-likeness (QED) is 0.872. The van der Waals surface area contributed by atoms with E-state index in [1.807, 2.05) is 6.92 Å². The van der Waals surface area contributed by atoms with E-state index in [-0.39, 0.29) is 4.90 Å². The van der Waals surface area contributed by atoms with Crippen LogP contribution in [0.4, 0.5) is 14.6 Å². The molecule has 0 bridgehead atoms. The molecule has 2 N–H and O–H groups in total. The number of nitrogens with two attached hydrogens (primary N) is 1. The molecule has 0 fully saturated rings. The van der Waals surface area contributed by atoms with Crippen LogP contribution in [0.5, 0.6) is 0 Å². The van der Waals surface area contributed by atoms with Gasteiger partial charge in [-0.05, 0) is 24.6 Å². The number of aryl methyl sites for hydroxylation is 1. The van der Waals surface area contributed by atoms with Gasteiger partial charge >= 0.3 is 0 Å². The van der Waals surface area contributed by atoms with E-state index in [1.54, 1.807) is 6.07 Å². The Hall–Kier alpha value is -1.69. The number of hydrogen-bond acceptors (Lipinski definition) is 4. The Morgan fingerprint density at radius 1 is 1.21 bits per heavy atom. The summed E-state index contributed by atoms with van der Waals surface area (Å²) in [6.07, 6.45) is 1.59. The average Bonchev–Trinajstić information content (AvgIpc) is 2.33. The Kier molecular flexibility index (Phi) is 4.31. The second kappa shape index (κ2) is 5.97. The Balaban J connectivity index is 2.29. The predicted molar refractivity (Wildman–Crippen MR) is 70.9 cm³/mol. The lowest BCUT2D eigenvalue weighted by Crippen LogP contribution is -2.00. The van der Waals surface area contributed by atoms with Crippen molar-refractivity contribution in [2.75, 3.05) is 5.73 Å². The zero-order chi connectivity index (χ0) is 13.8. The standard InChI is InChI=1S/C13H13F2N3S/c1-2-3-12-17-11(16)7-13(18-12)19-10-6-8(14)4-5-9(10)15/h4-7H,2-3H2,1H3,(H2,16,17,18). The van der Waals surface area contributed by atoms with Gasteiger partial charge in [0.05, 0.1) is 4.90 Å². The number of halogens is 2. The predicted octanol–water partition coefficient (Wildman–Crippen LogP) is 3.44. The highest BCUT2D eigenvalue weighted by Crippen LogP contribution is 2.29. The summed E-state index contributed by atoms with van der Waals surface area (Å²) in [6, 6.07) is 4.86. The number of nitrogen functional groups attached to an aromatic ring is 1. The van der Waals surface area contributed by atoms with Crippen LogP contribution in [-0.2, 0) is 6.42 Å². The molecule has 0 radical (unpaired) electrons. The van der Waals surface area contributed by atoms with Gasteiger partial charge in [0.25, 0.3) is 0 Å². The molecular formula is C13H13F2N3S. The van der Waals surface area contributed by atoms with E-state index in [4.69, 9.17) is 5.73 Å². The molecule has 100 valence electrons. The van der Waals surface area contributed by atoms with Crippen LogP contribution in [0.25, 0.3) is 0 Å². The van der Waals surface area contributed by atoms with Crippen LogP contribution in [0.15, 0.2) is 34.2 Å². The first-order valence-corrected chi connectivity index (χ1v) is 6.66. The zero-order valence-electron chi connectivity index (χ0n) is 10.4. The van der Waals surface area contributed by atoms with Gasteiger partial charge in [0.1, 0.15) is 28.3 Å². The van der Waals surface area contributed by atoms with Gasteiger partial charge in [0.15, 0.2) is 0 Å². The highest BCUT2D eigenvalue weighted by atomic mass is 32.2. The lowest BCUT2D eigenvalue weighted by Gasteiger charge is -2.06. The normalized spacial score (nSPS) is 10.7. The van der Waals surface area contributed by atoms with E-state index in [1.165, 1.54) is 0 Å². The molecule has 2 rings (SSSR count). The summed E-state index contributed by atoms with van der Waals surface area (Å²) in [5.41, 5.74) is 5.68. The van der Waals surface area contributed by atoms with Gasteiger partial charge in [-0.3, -0.25) is 0 Å². The Morgan fingerprint density at radius 3 is 2.74 bits per heavy atom. The second-order valence-electron chi connectivity index (χ2n) is 3.97. The Labute approximate surface area is 114 Å². The van der Waals surface area contributed by atoms with Crippen LogP contribution in [-0.4, -0.2) is 9.97 Å². The number of hydrogen-bond donors (Lipinski definition) is 1. The molecule has 0 aliphatic heterocycles. The minimum atomic E-state index is -0.486. The average molecular weight is 281 g/mol. The van der Waals surface area contributed by atoms with Gasteiger partial charge in [-0.15, -0.1) is 0 Å². The molecule has 0 aliphatic rings. The number of benzene rings is 1. The molecule has 0 aliphatic carbocycles. The summed E-state index contributed by atoms with van der Waals surface area (Å²) in [7, 11) is 0. The minimum absolute atomic E-state index is 0.181. The van der Waals surface area contributed by atoms with Gasteiger partial charge in [-0.2, -0.15) is 0 Å². The van der Waals surface area contributed by atoms with Crippen LogP contribution in [0.2, 0.25) is 0 Å². The van der Waals surface area contributed by atoms with Crippen molar-refractivity contribution in [1.82, 2.24) is 9.97 Å². The van der Waals surface area contributed by atoms with Crippen LogP contribution >= 0.6 is 11.8 Å². The number of rotatable bonds is 4. The summed E-state index contributed by atoms with van der Waals surface area (Å²) >= 11 is 1.04. The molecular weight excluding hydrogens is 268 g/mol. The summed E-state index contributed by atoms with van der Waals surface area (Å²) in [5, 5.41) is 0.514. The topological polar surface area (TPSA) is 51.8 Å². The van der Waals surface area contributed by atoms with Gasteiger partial charge in [0, 0.05) is 12.5 Å². The van der Waals surface area contributed by atoms with Gasteiger partial charge in [-0.25, -0.2) is 18.7 Å². The van der Waals surface area contributed by atoms with E-state index in [9.17, 15) is 8.78 Å². The van der Waals surface area contributed by atoms with Gasteiger partial charge in [-0.1, -0.05) is 18.7 Å². The molecule has 1 heterocycles. The van der Waals surface area contributed by atoms with Crippen molar-refractivity contribution < 1.29 is 8.78 Å². The molecule has 0 amide bonds. The molecule has 19 heavy (non-hydrogen) atoms. The monoisotopic (exact) mass is 281 g/mol. The molecule has 2 aromatic rings. The number of anilines is 1. The van der Waals surface area contributed by atoms with E-state index < -0.39 is 11.6 Å². The first-order valence-electron chi connectivity index (χ1n) is 5.85. The first-order chi connectivity index (χ1) is 9.08. The Bertz CT molecular complexity index is 590. The van der Waals surface area contributed by atoms with Gasteiger partial charge < -0.3 is 5.73 Å². The lowest BCUT2D eigenvalue weighted by molar-refractivity contribution is 0.577. The van der Waals surface area contributed by atoms with Crippen molar-refractivity contribution in [2.45, 2.75) is 29.7 Å². The number of nitrogens with zero attached hydrogens (tertiary/aromatic N) is 2. The van der Waals surface area contributed by atoms with E-state index >= 15 is 0 Å². The molecule has 0 unspecified atom stereocenters. The van der Waals surface area contributed by atoms with Crippen LogP contribution < -0.4 is 5.73 Å². The molecule has 0 spiro atoms. The highest BCUT2D eigenvalue weighted by Gasteiger charge is 2.09. The maximum atomic E-state index is 13.5. The van der Waals surface area contributed by atoms with E-state index in [0.717, 1.165) is 36.4 Å². The van der Waals surface area contributed by atoms with E-state index in [2.05, 4.69) is 9.97 Å². The third-order valence-electron chi connectivity index (χ3n) is 2.35. The fraction of sp³-hybridized carbons (Fsp3) is 0.231. The van der Waals surface area contributed by atoms with Crippen molar-refractivity contribution >= 4 is 17.6 Å². The fourth-order valence-corrected chi connectivity index (χ4v) is 2.44. The molecule has 0 saturated carbocycles. The van der Waals surface area contributed by atoms with Crippen LogP contribution in [0.1, 0.15) is 19.2 Å². The molecule has 0 saturated heterocycles. The molecule has 1 aromatic heterocycles. The second-order valence-corrected chi connectivity index (χ2v) is 5.04. The maximum Gasteiger partial charge on any atom is 0.137 e. The van der Waals surface area contributed by atoms with E-state index in [0.29, 0.717) is 23.1 Å². The fourth-order valence-electron chi connectivity index (χ4n) is 1.55. The third-order valence-corrected chi connectivity index (χ3v) is 3.30. The maximum absolute atomic E-state index is 13.5. The number of aromatic nitrogens is 2. The molecule has 6 heteroatoms. The van der Waals surface area contributed by atoms with Crippen molar-refractivity contribution in [2.24, 2.45) is 0 Å². The van der Waals surface area contributed by atoms with Crippen molar-refractivity contribution in [3.63, 3.8) is 0 Å². The van der Waals surface area contributed by atoms with Crippen molar-refractivity contribution in [1.29, 1.82) is 0 Å². The zero-order valence-corrected chi connectivity index (χ0v) is 11.2. The lowest BCUT2D eigenvalue weighted by atomic mass is 10.3. The first kappa shape index (κ1) is 13.7. The minimum Gasteiger partial charge on any atom is -0.384 e. The Morgan fingerprint density at radius 2 is 2.00 bits per heavy atom. The van der Waals surface area contributed by atoms with Crippen LogP contribution in [0, 0.1) is 11.6 Å². The largest absolute Gasteiger partial charge is 0.384 e. The summed E-state index contributed by atoms with van der Waals surface area (Å²) < 4.78 is 26.6. The molecule has 1 aromatic carbocycles. The summed E-state index contributed by atoms with van der Waals surface area (Å²) in [5.74, 6) is -0.0279. The van der Waals surface area contributed by atoms with Gasteiger partial charge in [0.2, 0.25) is 0 Å². The molecule has 3 nitrogen and oxygen atoms in total. The molecule has 0 atom stereocenters. The summed E-state index contributed by atoms with van der Waals surface area (Å²) in [4.78, 5) is 8.54. The van der Waals surface area contributed by atoms with Crippen molar-refractivity contribution in [3.8, 4) is 0 Å². The third kappa shape index (κ3) is 3.64. The highest BCUT2D eigenvalue weighted by molar-refractivity contribution is 7.99. The summed E-state index contributed by atoms with van der Waals surface area (Å²) in [6.45, 7) is 2.01. The van der Waals surface area contributed by atoms with Crippen molar-refractivity contribution in [3.05, 3.63) is 41.7 Å².